The van der Waals surface area contributed by atoms with Crippen LogP contribution in [0.3, 0.4) is 0 Å². The topological polar surface area (TPSA) is 31.2 Å². The summed E-state index contributed by atoms with van der Waals surface area (Å²) >= 11 is 0. The SMILES string of the molecule is O=c1cc(OCc2cccc(F)c2)ccn1Cc1cccc(F)c1. The Bertz CT molecular complexity index is 906. The van der Waals surface area contributed by atoms with Crippen molar-refractivity contribution in [3.8, 4) is 5.75 Å². The zero-order valence-corrected chi connectivity index (χ0v) is 12.8. The van der Waals surface area contributed by atoms with Crippen LogP contribution < -0.4 is 10.3 Å². The van der Waals surface area contributed by atoms with Crippen LogP contribution in [0.25, 0.3) is 0 Å². The zero-order valence-electron chi connectivity index (χ0n) is 12.8. The van der Waals surface area contributed by atoms with Crippen LogP contribution in [0.1, 0.15) is 11.1 Å². The fraction of sp³-hybridized carbons (Fsp3) is 0.105. The van der Waals surface area contributed by atoms with Crippen LogP contribution in [0.2, 0.25) is 0 Å². The Hall–Kier alpha value is -2.95. The van der Waals surface area contributed by atoms with Gasteiger partial charge in [0.15, 0.2) is 0 Å². The molecule has 0 aliphatic rings. The van der Waals surface area contributed by atoms with Gasteiger partial charge >= 0.3 is 0 Å². The Balaban J connectivity index is 1.69. The molecule has 0 aliphatic heterocycles. The number of rotatable bonds is 5. The molecule has 122 valence electrons. The van der Waals surface area contributed by atoms with Crippen molar-refractivity contribution in [1.29, 1.82) is 0 Å². The van der Waals surface area contributed by atoms with E-state index in [1.165, 1.54) is 34.9 Å². The monoisotopic (exact) mass is 327 g/mol. The Labute approximate surface area is 137 Å². The highest BCUT2D eigenvalue weighted by Crippen LogP contribution is 2.12. The summed E-state index contributed by atoms with van der Waals surface area (Å²) in [5, 5.41) is 0. The van der Waals surface area contributed by atoms with E-state index in [1.54, 1.807) is 36.5 Å². The van der Waals surface area contributed by atoms with Crippen molar-refractivity contribution in [3.05, 3.63) is 100.0 Å². The van der Waals surface area contributed by atoms with Crippen LogP contribution in [0.15, 0.2) is 71.7 Å². The first-order valence-electron chi connectivity index (χ1n) is 7.42. The standard InChI is InChI=1S/C19H15F2NO2/c20-16-5-1-3-14(9-16)12-22-8-7-18(11-19(22)23)24-13-15-4-2-6-17(21)10-15/h1-11H,12-13H2. The molecule has 2 aromatic carbocycles. The molecule has 0 saturated heterocycles. The van der Waals surface area contributed by atoms with Gasteiger partial charge in [0.25, 0.3) is 5.56 Å². The molecule has 24 heavy (non-hydrogen) atoms. The van der Waals surface area contributed by atoms with Gasteiger partial charge in [-0.2, -0.15) is 0 Å². The fourth-order valence-corrected chi connectivity index (χ4v) is 2.34. The highest BCUT2D eigenvalue weighted by molar-refractivity contribution is 5.22. The summed E-state index contributed by atoms with van der Waals surface area (Å²) in [6, 6.07) is 15.2. The molecule has 0 spiro atoms. The Morgan fingerprint density at radius 2 is 1.54 bits per heavy atom. The van der Waals surface area contributed by atoms with Crippen molar-refractivity contribution in [2.75, 3.05) is 0 Å². The molecule has 1 heterocycles. The van der Waals surface area contributed by atoms with Gasteiger partial charge in [0.05, 0.1) is 6.54 Å². The third kappa shape index (κ3) is 4.07. The smallest absolute Gasteiger partial charge is 0.254 e. The van der Waals surface area contributed by atoms with Gasteiger partial charge in [-0.1, -0.05) is 24.3 Å². The van der Waals surface area contributed by atoms with Gasteiger partial charge in [0.2, 0.25) is 0 Å². The number of nitrogens with zero attached hydrogens (tertiary/aromatic N) is 1. The minimum absolute atomic E-state index is 0.172. The van der Waals surface area contributed by atoms with E-state index in [4.69, 9.17) is 4.74 Å². The average Bonchev–Trinajstić information content (AvgIpc) is 2.55. The lowest BCUT2D eigenvalue weighted by atomic mass is 10.2. The van der Waals surface area contributed by atoms with Crippen molar-refractivity contribution in [1.82, 2.24) is 4.57 Å². The molecule has 0 radical (unpaired) electrons. The molecule has 3 aromatic rings. The van der Waals surface area contributed by atoms with Crippen LogP contribution in [-0.4, -0.2) is 4.57 Å². The minimum Gasteiger partial charge on any atom is -0.489 e. The summed E-state index contributed by atoms with van der Waals surface area (Å²) < 4.78 is 33.3. The maximum atomic E-state index is 13.2. The van der Waals surface area contributed by atoms with Crippen LogP contribution in [0, 0.1) is 11.6 Å². The first-order chi connectivity index (χ1) is 11.6. The highest BCUT2D eigenvalue weighted by atomic mass is 19.1. The number of hydrogen-bond acceptors (Lipinski definition) is 2. The van der Waals surface area contributed by atoms with Gasteiger partial charge in [-0.25, -0.2) is 8.78 Å². The second-order valence-electron chi connectivity index (χ2n) is 5.38. The molecule has 0 bridgehead atoms. The molecule has 0 unspecified atom stereocenters. The molecule has 0 fully saturated rings. The van der Waals surface area contributed by atoms with Gasteiger partial charge in [-0.15, -0.1) is 0 Å². The molecule has 0 saturated carbocycles. The molecule has 1 aromatic heterocycles. The van der Waals surface area contributed by atoms with Crippen LogP contribution >= 0.6 is 0 Å². The summed E-state index contributed by atoms with van der Waals surface area (Å²) in [4.78, 5) is 12.1. The van der Waals surface area contributed by atoms with Crippen molar-refractivity contribution >= 4 is 0 Å². The third-order valence-electron chi connectivity index (χ3n) is 3.50. The van der Waals surface area contributed by atoms with E-state index in [1.807, 2.05) is 0 Å². The number of pyridine rings is 1. The normalized spacial score (nSPS) is 10.6. The number of halogens is 2. The molecule has 5 heteroatoms. The first-order valence-corrected chi connectivity index (χ1v) is 7.42. The predicted octanol–water partition coefficient (Wildman–Crippen LogP) is 3.75. The van der Waals surface area contributed by atoms with Crippen molar-refractivity contribution in [3.63, 3.8) is 0 Å². The van der Waals surface area contributed by atoms with E-state index in [0.29, 0.717) is 16.9 Å². The Morgan fingerprint density at radius 3 is 2.21 bits per heavy atom. The van der Waals surface area contributed by atoms with E-state index in [2.05, 4.69) is 0 Å². The summed E-state index contributed by atoms with van der Waals surface area (Å²) in [5.41, 5.74) is 1.13. The van der Waals surface area contributed by atoms with Gasteiger partial charge in [0, 0.05) is 12.3 Å². The largest absolute Gasteiger partial charge is 0.489 e. The number of aromatic nitrogens is 1. The molecular weight excluding hydrogens is 312 g/mol. The third-order valence-corrected chi connectivity index (χ3v) is 3.50. The van der Waals surface area contributed by atoms with Gasteiger partial charge < -0.3 is 9.30 Å². The Kier molecular flexibility index (Phi) is 4.70. The molecule has 0 N–H and O–H groups in total. The lowest BCUT2D eigenvalue weighted by molar-refractivity contribution is 0.304. The molecule has 3 rings (SSSR count). The lowest BCUT2D eigenvalue weighted by Gasteiger charge is -2.09. The van der Waals surface area contributed by atoms with E-state index < -0.39 is 0 Å². The minimum atomic E-state index is -0.337. The lowest BCUT2D eigenvalue weighted by Crippen LogP contribution is -2.19. The average molecular weight is 327 g/mol. The highest BCUT2D eigenvalue weighted by Gasteiger charge is 2.03. The molecule has 0 atom stereocenters. The summed E-state index contributed by atoms with van der Waals surface area (Å²) in [6.07, 6.45) is 1.59. The number of hydrogen-bond donors (Lipinski definition) is 0. The van der Waals surface area contributed by atoms with Crippen molar-refractivity contribution in [2.24, 2.45) is 0 Å². The van der Waals surface area contributed by atoms with Gasteiger partial charge in [-0.05, 0) is 41.5 Å². The second-order valence-corrected chi connectivity index (χ2v) is 5.38. The number of benzene rings is 2. The summed E-state index contributed by atoms with van der Waals surface area (Å²) in [6.45, 7) is 0.450. The van der Waals surface area contributed by atoms with E-state index in [0.717, 1.165) is 0 Å². The van der Waals surface area contributed by atoms with Crippen LogP contribution in [0.5, 0.6) is 5.75 Å². The van der Waals surface area contributed by atoms with E-state index in [9.17, 15) is 13.6 Å². The molecule has 0 aliphatic carbocycles. The maximum absolute atomic E-state index is 13.2. The van der Waals surface area contributed by atoms with Crippen LogP contribution in [-0.2, 0) is 13.2 Å². The van der Waals surface area contributed by atoms with Crippen molar-refractivity contribution < 1.29 is 13.5 Å². The van der Waals surface area contributed by atoms with Crippen LogP contribution in [0.4, 0.5) is 8.78 Å². The zero-order chi connectivity index (χ0) is 16.9. The maximum Gasteiger partial charge on any atom is 0.254 e. The second kappa shape index (κ2) is 7.08. The quantitative estimate of drug-likeness (QED) is 0.714. The predicted molar refractivity (Wildman–Crippen MR) is 86.9 cm³/mol. The summed E-state index contributed by atoms with van der Waals surface area (Å²) in [7, 11) is 0. The fourth-order valence-electron chi connectivity index (χ4n) is 2.34. The van der Waals surface area contributed by atoms with E-state index >= 15 is 0 Å². The van der Waals surface area contributed by atoms with Crippen molar-refractivity contribution in [2.45, 2.75) is 13.2 Å². The summed E-state index contributed by atoms with van der Waals surface area (Å²) in [5.74, 6) is -0.267. The number of ether oxygens (including phenoxy) is 1. The Morgan fingerprint density at radius 1 is 0.875 bits per heavy atom. The van der Waals surface area contributed by atoms with Gasteiger partial charge in [0.1, 0.15) is 24.0 Å². The molecule has 0 amide bonds. The van der Waals surface area contributed by atoms with Gasteiger partial charge in [-0.3, -0.25) is 4.79 Å². The molecular formula is C19H15F2NO2. The molecule has 3 nitrogen and oxygen atoms in total. The van der Waals surface area contributed by atoms with E-state index in [-0.39, 0.29) is 30.3 Å². The first kappa shape index (κ1) is 15.9.